The quantitative estimate of drug-likeness (QED) is 0.771. The Bertz CT molecular complexity index is 856. The lowest BCUT2D eigenvalue weighted by atomic mass is 10.2. The number of hydrogen-bond acceptors (Lipinski definition) is 4. The van der Waals surface area contributed by atoms with Crippen LogP contribution in [0.3, 0.4) is 0 Å². The molecule has 0 unspecified atom stereocenters. The van der Waals surface area contributed by atoms with Crippen molar-refractivity contribution in [2.45, 2.75) is 26.8 Å². The van der Waals surface area contributed by atoms with Gasteiger partial charge in [0, 0.05) is 17.1 Å². The van der Waals surface area contributed by atoms with E-state index in [-0.39, 0.29) is 5.91 Å². The number of rotatable bonds is 5. The first-order valence-corrected chi connectivity index (χ1v) is 7.97. The van der Waals surface area contributed by atoms with E-state index < -0.39 is 0 Å². The highest BCUT2D eigenvalue weighted by molar-refractivity contribution is 6.31. The predicted octanol–water partition coefficient (Wildman–Crippen LogP) is 3.09. The van der Waals surface area contributed by atoms with Crippen molar-refractivity contribution in [3.8, 4) is 5.82 Å². The highest BCUT2D eigenvalue weighted by Gasteiger charge is 2.19. The Labute approximate surface area is 144 Å². The van der Waals surface area contributed by atoms with Gasteiger partial charge in [-0.05, 0) is 31.5 Å². The minimum atomic E-state index is -0.244. The van der Waals surface area contributed by atoms with Crippen molar-refractivity contribution in [1.29, 1.82) is 0 Å². The number of aryl methyl sites for hydroxylation is 1. The maximum absolute atomic E-state index is 12.6. The molecule has 2 heterocycles. The van der Waals surface area contributed by atoms with Crippen LogP contribution < -0.4 is 5.32 Å². The highest BCUT2D eigenvalue weighted by atomic mass is 35.5. The zero-order valence-corrected chi connectivity index (χ0v) is 14.2. The first kappa shape index (κ1) is 16.2. The van der Waals surface area contributed by atoms with Crippen molar-refractivity contribution in [3.63, 3.8) is 0 Å². The van der Waals surface area contributed by atoms with Crippen LogP contribution in [0, 0.1) is 6.92 Å². The molecule has 1 amide bonds. The van der Waals surface area contributed by atoms with Crippen LogP contribution in [-0.4, -0.2) is 30.5 Å². The van der Waals surface area contributed by atoms with Crippen molar-refractivity contribution in [2.75, 3.05) is 5.32 Å². The Hall–Kier alpha value is -2.67. The van der Waals surface area contributed by atoms with Crippen molar-refractivity contribution < 1.29 is 4.79 Å². The lowest BCUT2D eigenvalue weighted by Gasteiger charge is -2.07. The van der Waals surface area contributed by atoms with Gasteiger partial charge in [0.1, 0.15) is 18.3 Å². The summed E-state index contributed by atoms with van der Waals surface area (Å²) >= 11 is 5.96. The standard InChI is InChI=1S/C16H17ClN6O/c1-3-7-23-11(2)14(15(21-23)22-9-18-19-10-22)20-16(24)12-5-4-6-13(17)8-12/h4-6,8-10H,3,7H2,1-2H3,(H,20,24). The molecule has 24 heavy (non-hydrogen) atoms. The molecule has 0 saturated carbocycles. The Morgan fingerprint density at radius 1 is 1.29 bits per heavy atom. The van der Waals surface area contributed by atoms with E-state index in [0.29, 0.717) is 22.1 Å². The molecule has 8 heteroatoms. The summed E-state index contributed by atoms with van der Waals surface area (Å²) in [6, 6.07) is 6.81. The second-order valence-corrected chi connectivity index (χ2v) is 5.78. The molecule has 0 radical (unpaired) electrons. The molecule has 124 valence electrons. The second-order valence-electron chi connectivity index (χ2n) is 5.34. The summed E-state index contributed by atoms with van der Waals surface area (Å²) in [5.74, 6) is 0.340. The Morgan fingerprint density at radius 3 is 2.71 bits per heavy atom. The second kappa shape index (κ2) is 6.84. The van der Waals surface area contributed by atoms with Gasteiger partial charge in [-0.1, -0.05) is 24.6 Å². The number of carbonyl (C=O) groups is 1. The number of benzene rings is 1. The molecule has 0 aliphatic carbocycles. The third-order valence-corrected chi connectivity index (χ3v) is 3.85. The Balaban J connectivity index is 1.98. The van der Waals surface area contributed by atoms with Gasteiger partial charge in [-0.15, -0.1) is 10.2 Å². The maximum Gasteiger partial charge on any atom is 0.255 e. The van der Waals surface area contributed by atoms with Gasteiger partial charge in [0.05, 0.1) is 5.69 Å². The summed E-state index contributed by atoms with van der Waals surface area (Å²) in [4.78, 5) is 12.6. The Morgan fingerprint density at radius 2 is 2.04 bits per heavy atom. The number of halogens is 1. The summed E-state index contributed by atoms with van der Waals surface area (Å²) in [6.07, 6.45) is 4.03. The monoisotopic (exact) mass is 344 g/mol. The van der Waals surface area contributed by atoms with Crippen LogP contribution in [0.1, 0.15) is 29.4 Å². The number of aromatic nitrogens is 5. The summed E-state index contributed by atoms with van der Waals surface area (Å²) in [5, 5.41) is 15.6. The van der Waals surface area contributed by atoms with Crippen LogP contribution in [-0.2, 0) is 6.54 Å². The molecule has 1 aromatic carbocycles. The molecule has 2 aromatic heterocycles. The van der Waals surface area contributed by atoms with Gasteiger partial charge in [0.2, 0.25) is 0 Å². The van der Waals surface area contributed by atoms with E-state index in [1.54, 1.807) is 41.5 Å². The normalized spacial score (nSPS) is 10.8. The number of hydrogen-bond donors (Lipinski definition) is 1. The molecule has 0 aliphatic rings. The molecule has 0 atom stereocenters. The maximum atomic E-state index is 12.6. The fraction of sp³-hybridized carbons (Fsp3) is 0.250. The zero-order valence-electron chi connectivity index (χ0n) is 13.4. The van der Waals surface area contributed by atoms with E-state index in [1.807, 2.05) is 11.6 Å². The largest absolute Gasteiger partial charge is 0.317 e. The fourth-order valence-electron chi connectivity index (χ4n) is 2.41. The number of amides is 1. The smallest absolute Gasteiger partial charge is 0.255 e. The lowest BCUT2D eigenvalue weighted by Crippen LogP contribution is -2.14. The van der Waals surface area contributed by atoms with Crippen molar-refractivity contribution in [2.24, 2.45) is 0 Å². The van der Waals surface area contributed by atoms with Crippen LogP contribution in [0.25, 0.3) is 5.82 Å². The first-order chi connectivity index (χ1) is 11.6. The van der Waals surface area contributed by atoms with E-state index in [2.05, 4.69) is 27.5 Å². The van der Waals surface area contributed by atoms with Crippen LogP contribution >= 0.6 is 11.6 Å². The minimum absolute atomic E-state index is 0.244. The third kappa shape index (κ3) is 3.16. The number of nitrogens with one attached hydrogen (secondary N) is 1. The predicted molar refractivity (Wildman–Crippen MR) is 91.6 cm³/mol. The van der Waals surface area contributed by atoms with E-state index in [9.17, 15) is 4.79 Å². The van der Waals surface area contributed by atoms with Gasteiger partial charge >= 0.3 is 0 Å². The van der Waals surface area contributed by atoms with E-state index in [0.717, 1.165) is 18.7 Å². The van der Waals surface area contributed by atoms with Crippen molar-refractivity contribution >= 4 is 23.2 Å². The van der Waals surface area contributed by atoms with Gasteiger partial charge < -0.3 is 5.32 Å². The minimum Gasteiger partial charge on any atom is -0.317 e. The summed E-state index contributed by atoms with van der Waals surface area (Å²) in [7, 11) is 0. The van der Waals surface area contributed by atoms with Crippen LogP contribution in [0.4, 0.5) is 5.69 Å². The molecular formula is C16H17ClN6O. The molecule has 0 fully saturated rings. The molecule has 0 aliphatic heterocycles. The van der Waals surface area contributed by atoms with E-state index >= 15 is 0 Å². The molecule has 0 spiro atoms. The molecule has 7 nitrogen and oxygen atoms in total. The molecule has 0 saturated heterocycles. The zero-order chi connectivity index (χ0) is 17.1. The molecule has 0 bridgehead atoms. The van der Waals surface area contributed by atoms with Gasteiger partial charge in [-0.3, -0.25) is 14.0 Å². The first-order valence-electron chi connectivity index (χ1n) is 7.59. The van der Waals surface area contributed by atoms with E-state index in [1.165, 1.54) is 0 Å². The van der Waals surface area contributed by atoms with Gasteiger partial charge in [0.25, 0.3) is 5.91 Å². The number of anilines is 1. The highest BCUT2D eigenvalue weighted by Crippen LogP contribution is 2.25. The summed E-state index contributed by atoms with van der Waals surface area (Å²) in [5.41, 5.74) is 1.99. The van der Waals surface area contributed by atoms with Crippen LogP contribution in [0.2, 0.25) is 5.02 Å². The van der Waals surface area contributed by atoms with Crippen LogP contribution in [0.5, 0.6) is 0 Å². The topological polar surface area (TPSA) is 77.6 Å². The summed E-state index contributed by atoms with van der Waals surface area (Å²) in [6.45, 7) is 4.75. The van der Waals surface area contributed by atoms with Crippen molar-refractivity contribution in [1.82, 2.24) is 24.5 Å². The van der Waals surface area contributed by atoms with E-state index in [4.69, 9.17) is 11.6 Å². The van der Waals surface area contributed by atoms with Gasteiger partial charge in [-0.25, -0.2) is 0 Å². The molecule has 1 N–H and O–H groups in total. The SMILES string of the molecule is CCCn1nc(-n2cnnc2)c(NC(=O)c2cccc(Cl)c2)c1C. The van der Waals surface area contributed by atoms with Gasteiger partial charge in [-0.2, -0.15) is 5.10 Å². The number of nitrogens with zero attached hydrogens (tertiary/aromatic N) is 5. The molecule has 3 aromatic rings. The third-order valence-electron chi connectivity index (χ3n) is 3.61. The van der Waals surface area contributed by atoms with Crippen molar-refractivity contribution in [3.05, 3.63) is 53.2 Å². The average molecular weight is 345 g/mol. The average Bonchev–Trinajstić information content (AvgIpc) is 3.19. The summed E-state index contributed by atoms with van der Waals surface area (Å²) < 4.78 is 3.54. The number of carbonyl (C=O) groups excluding carboxylic acids is 1. The molecule has 3 rings (SSSR count). The molecular weight excluding hydrogens is 328 g/mol. The fourth-order valence-corrected chi connectivity index (χ4v) is 2.60. The Kier molecular flexibility index (Phi) is 4.61. The van der Waals surface area contributed by atoms with Crippen LogP contribution in [0.15, 0.2) is 36.9 Å². The van der Waals surface area contributed by atoms with Gasteiger partial charge in [0.15, 0.2) is 5.82 Å². The lowest BCUT2D eigenvalue weighted by molar-refractivity contribution is 0.102.